The summed E-state index contributed by atoms with van der Waals surface area (Å²) in [7, 11) is 0. The highest BCUT2D eigenvalue weighted by Crippen LogP contribution is 2.40. The van der Waals surface area contributed by atoms with Crippen molar-refractivity contribution in [1.82, 2.24) is 4.90 Å². The van der Waals surface area contributed by atoms with Gasteiger partial charge in [-0.1, -0.05) is 13.8 Å². The molecule has 2 rings (SSSR count). The van der Waals surface area contributed by atoms with Crippen LogP contribution in [0.25, 0.3) is 0 Å². The van der Waals surface area contributed by atoms with Crippen LogP contribution in [0.5, 0.6) is 0 Å². The van der Waals surface area contributed by atoms with Crippen LogP contribution < -0.4 is 5.73 Å². The molecule has 1 heterocycles. The number of nitrogens with two attached hydrogens (primary N) is 1. The number of rotatable bonds is 2. The van der Waals surface area contributed by atoms with Crippen LogP contribution in [0.3, 0.4) is 0 Å². The lowest BCUT2D eigenvalue weighted by Crippen LogP contribution is -2.46. The van der Waals surface area contributed by atoms with Crippen LogP contribution in [-0.2, 0) is 0 Å². The molecule has 0 radical (unpaired) electrons. The van der Waals surface area contributed by atoms with Gasteiger partial charge in [0.1, 0.15) is 0 Å². The van der Waals surface area contributed by atoms with Crippen LogP contribution >= 0.6 is 0 Å². The van der Waals surface area contributed by atoms with Crippen LogP contribution in [-0.4, -0.2) is 30.1 Å². The van der Waals surface area contributed by atoms with Crippen molar-refractivity contribution in [3.63, 3.8) is 0 Å². The van der Waals surface area contributed by atoms with Crippen molar-refractivity contribution in [1.29, 1.82) is 0 Å². The first-order valence-electron chi connectivity index (χ1n) is 6.97. The van der Waals surface area contributed by atoms with E-state index in [-0.39, 0.29) is 0 Å². The fraction of sp³-hybridized carbons (Fsp3) is 1.00. The van der Waals surface area contributed by atoms with Crippen molar-refractivity contribution in [3.05, 3.63) is 0 Å². The zero-order chi connectivity index (χ0) is 11.8. The minimum atomic E-state index is 0.372. The molecule has 16 heavy (non-hydrogen) atoms. The van der Waals surface area contributed by atoms with Gasteiger partial charge in [0.05, 0.1) is 0 Å². The molecule has 1 aliphatic carbocycles. The average Bonchev–Trinajstić information content (AvgIpc) is 2.59. The van der Waals surface area contributed by atoms with E-state index in [0.29, 0.717) is 11.5 Å². The standard InChI is InChI=1S/C14H28N2/c1-11(15)12-5-4-8-16(10-12)13-6-7-14(2,3)9-13/h11-13H,4-10,15H2,1-3H3. The van der Waals surface area contributed by atoms with Crippen LogP contribution in [0.15, 0.2) is 0 Å². The van der Waals surface area contributed by atoms with Crippen LogP contribution in [0, 0.1) is 11.3 Å². The van der Waals surface area contributed by atoms with Gasteiger partial charge in [-0.15, -0.1) is 0 Å². The maximum atomic E-state index is 6.05. The third kappa shape index (κ3) is 2.78. The average molecular weight is 224 g/mol. The first-order valence-corrected chi connectivity index (χ1v) is 6.97. The molecule has 2 heteroatoms. The Bertz CT molecular complexity index is 235. The van der Waals surface area contributed by atoms with Crippen molar-refractivity contribution in [2.24, 2.45) is 17.1 Å². The molecular weight excluding hydrogens is 196 g/mol. The number of likely N-dealkylation sites (tertiary alicyclic amines) is 1. The molecule has 0 bridgehead atoms. The highest BCUT2D eigenvalue weighted by Gasteiger charge is 2.36. The van der Waals surface area contributed by atoms with Crippen molar-refractivity contribution in [3.8, 4) is 0 Å². The van der Waals surface area contributed by atoms with Crippen molar-refractivity contribution in [2.75, 3.05) is 13.1 Å². The molecule has 2 N–H and O–H groups in total. The van der Waals surface area contributed by atoms with Crippen molar-refractivity contribution < 1.29 is 0 Å². The van der Waals surface area contributed by atoms with E-state index in [1.807, 2.05) is 0 Å². The Hall–Kier alpha value is -0.0800. The molecule has 2 fully saturated rings. The Balaban J connectivity index is 1.90. The molecule has 94 valence electrons. The molecule has 1 saturated carbocycles. The number of hydrogen-bond acceptors (Lipinski definition) is 2. The van der Waals surface area contributed by atoms with E-state index in [1.54, 1.807) is 0 Å². The number of hydrogen-bond donors (Lipinski definition) is 1. The fourth-order valence-electron chi connectivity index (χ4n) is 3.51. The second kappa shape index (κ2) is 4.66. The van der Waals surface area contributed by atoms with Gasteiger partial charge in [-0.2, -0.15) is 0 Å². The Morgan fingerprint density at radius 3 is 2.62 bits per heavy atom. The molecule has 0 aromatic carbocycles. The molecule has 0 spiro atoms. The molecular formula is C14H28N2. The molecule has 1 saturated heterocycles. The Morgan fingerprint density at radius 1 is 1.31 bits per heavy atom. The Labute approximate surface area is 101 Å². The molecule has 0 aromatic heterocycles. The van der Waals surface area contributed by atoms with Crippen LogP contribution in [0.2, 0.25) is 0 Å². The molecule has 1 aliphatic heterocycles. The quantitative estimate of drug-likeness (QED) is 0.781. The minimum absolute atomic E-state index is 0.372. The second-order valence-electron chi connectivity index (χ2n) is 6.82. The molecule has 0 amide bonds. The van der Waals surface area contributed by atoms with Crippen LogP contribution in [0.1, 0.15) is 52.9 Å². The summed E-state index contributed by atoms with van der Waals surface area (Å²) in [4.78, 5) is 2.73. The Morgan fingerprint density at radius 2 is 2.06 bits per heavy atom. The van der Waals surface area contributed by atoms with E-state index in [1.165, 1.54) is 45.2 Å². The predicted molar refractivity (Wildman–Crippen MR) is 69.4 cm³/mol. The summed E-state index contributed by atoms with van der Waals surface area (Å²) in [6, 6.07) is 1.22. The van der Waals surface area contributed by atoms with E-state index in [2.05, 4.69) is 25.7 Å². The number of piperidine rings is 1. The van der Waals surface area contributed by atoms with Gasteiger partial charge >= 0.3 is 0 Å². The highest BCUT2D eigenvalue weighted by atomic mass is 15.2. The lowest BCUT2D eigenvalue weighted by molar-refractivity contribution is 0.110. The van der Waals surface area contributed by atoms with Gasteiger partial charge in [0.25, 0.3) is 0 Å². The van der Waals surface area contributed by atoms with Gasteiger partial charge < -0.3 is 10.6 Å². The zero-order valence-corrected chi connectivity index (χ0v) is 11.2. The second-order valence-corrected chi connectivity index (χ2v) is 6.82. The lowest BCUT2D eigenvalue weighted by Gasteiger charge is -2.38. The van der Waals surface area contributed by atoms with E-state index >= 15 is 0 Å². The van der Waals surface area contributed by atoms with Crippen molar-refractivity contribution >= 4 is 0 Å². The van der Waals surface area contributed by atoms with Crippen LogP contribution in [0.4, 0.5) is 0 Å². The minimum Gasteiger partial charge on any atom is -0.328 e. The van der Waals surface area contributed by atoms with E-state index < -0.39 is 0 Å². The van der Waals surface area contributed by atoms with Gasteiger partial charge in [-0.05, 0) is 56.9 Å². The van der Waals surface area contributed by atoms with Gasteiger partial charge in [0, 0.05) is 18.6 Å². The Kier molecular flexibility index (Phi) is 3.60. The lowest BCUT2D eigenvalue weighted by atomic mass is 9.89. The van der Waals surface area contributed by atoms with Gasteiger partial charge in [0.15, 0.2) is 0 Å². The third-order valence-corrected chi connectivity index (χ3v) is 4.69. The molecule has 2 nitrogen and oxygen atoms in total. The normalized spacial score (nSPS) is 37.5. The smallest absolute Gasteiger partial charge is 0.0101 e. The number of nitrogens with zero attached hydrogens (tertiary/aromatic N) is 1. The van der Waals surface area contributed by atoms with Gasteiger partial charge in [-0.3, -0.25) is 0 Å². The fourth-order valence-corrected chi connectivity index (χ4v) is 3.51. The summed E-state index contributed by atoms with van der Waals surface area (Å²) >= 11 is 0. The first-order chi connectivity index (χ1) is 7.48. The molecule has 2 aliphatic rings. The van der Waals surface area contributed by atoms with E-state index in [4.69, 9.17) is 5.73 Å². The first kappa shape index (κ1) is 12.4. The summed E-state index contributed by atoms with van der Waals surface area (Å²) in [5.74, 6) is 0.734. The maximum Gasteiger partial charge on any atom is 0.0101 e. The molecule has 3 atom stereocenters. The molecule has 0 aromatic rings. The predicted octanol–water partition coefficient (Wildman–Crippen LogP) is 2.62. The summed E-state index contributed by atoms with van der Waals surface area (Å²) in [6.07, 6.45) is 6.88. The van der Waals surface area contributed by atoms with Gasteiger partial charge in [-0.25, -0.2) is 0 Å². The largest absolute Gasteiger partial charge is 0.328 e. The van der Waals surface area contributed by atoms with Crippen molar-refractivity contribution in [2.45, 2.75) is 65.0 Å². The maximum absolute atomic E-state index is 6.05. The highest BCUT2D eigenvalue weighted by molar-refractivity contribution is 4.90. The SMILES string of the molecule is CC(N)C1CCCN(C2CCC(C)(C)C2)C1. The summed E-state index contributed by atoms with van der Waals surface area (Å²) in [6.45, 7) is 9.56. The summed E-state index contributed by atoms with van der Waals surface area (Å²) in [5.41, 5.74) is 6.63. The third-order valence-electron chi connectivity index (χ3n) is 4.69. The topological polar surface area (TPSA) is 29.3 Å². The summed E-state index contributed by atoms with van der Waals surface area (Å²) < 4.78 is 0. The molecule has 3 unspecified atom stereocenters. The zero-order valence-electron chi connectivity index (χ0n) is 11.2. The van der Waals surface area contributed by atoms with Gasteiger partial charge in [0.2, 0.25) is 0 Å². The van der Waals surface area contributed by atoms with E-state index in [0.717, 1.165) is 12.0 Å². The van der Waals surface area contributed by atoms with E-state index in [9.17, 15) is 0 Å². The monoisotopic (exact) mass is 224 g/mol. The summed E-state index contributed by atoms with van der Waals surface area (Å²) in [5, 5.41) is 0.